The lowest BCUT2D eigenvalue weighted by Crippen LogP contribution is -2.46. The maximum Gasteiger partial charge on any atom is 0.308 e. The van der Waals surface area contributed by atoms with Crippen LogP contribution in [0.2, 0.25) is 0 Å². The molecular formula is C22H30IN3O3. The number of aliphatic imine (C=N–C) groups is 1. The van der Waals surface area contributed by atoms with Crippen molar-refractivity contribution in [3.8, 4) is 5.75 Å². The quantitative estimate of drug-likeness (QED) is 0.211. The van der Waals surface area contributed by atoms with E-state index in [9.17, 15) is 4.79 Å². The maximum absolute atomic E-state index is 11.7. The van der Waals surface area contributed by atoms with Gasteiger partial charge in [-0.2, -0.15) is 0 Å². The predicted molar refractivity (Wildman–Crippen MR) is 127 cm³/mol. The van der Waals surface area contributed by atoms with Crippen LogP contribution in [0.1, 0.15) is 19.8 Å². The molecule has 1 N–H and O–H groups in total. The summed E-state index contributed by atoms with van der Waals surface area (Å²) in [6.45, 7) is 5.55. The largest absolute Gasteiger partial charge is 0.491 e. The Hall–Kier alpha value is -2.03. The lowest BCUT2D eigenvalue weighted by Gasteiger charge is -2.33. The van der Waals surface area contributed by atoms with E-state index in [1.165, 1.54) is 12.5 Å². The molecule has 29 heavy (non-hydrogen) atoms. The summed E-state index contributed by atoms with van der Waals surface area (Å²) in [6, 6.07) is 14.3. The van der Waals surface area contributed by atoms with E-state index >= 15 is 0 Å². The molecule has 0 aliphatic carbocycles. The van der Waals surface area contributed by atoms with Crippen molar-refractivity contribution in [3.63, 3.8) is 0 Å². The molecule has 1 aliphatic heterocycles. The monoisotopic (exact) mass is 511 g/mol. The van der Waals surface area contributed by atoms with Gasteiger partial charge in [-0.25, -0.2) is 4.99 Å². The van der Waals surface area contributed by atoms with E-state index in [4.69, 9.17) is 14.5 Å². The van der Waals surface area contributed by atoms with Crippen molar-refractivity contribution in [1.29, 1.82) is 0 Å². The number of piperidine rings is 1. The summed E-state index contributed by atoms with van der Waals surface area (Å²) in [5.74, 6) is 1.66. The van der Waals surface area contributed by atoms with Gasteiger partial charge < -0.3 is 19.7 Å². The molecule has 0 saturated carbocycles. The van der Waals surface area contributed by atoms with Gasteiger partial charge in [0.05, 0.1) is 19.6 Å². The molecule has 2 aromatic rings. The Bertz CT molecular complexity index is 815. The van der Waals surface area contributed by atoms with Gasteiger partial charge in [-0.3, -0.25) is 4.79 Å². The fourth-order valence-electron chi connectivity index (χ4n) is 3.55. The third-order valence-corrected chi connectivity index (χ3v) is 5.02. The number of nitrogens with one attached hydrogen (secondary N) is 1. The molecule has 1 heterocycles. The number of methoxy groups -OCH3 is 1. The van der Waals surface area contributed by atoms with Crippen molar-refractivity contribution in [2.45, 2.75) is 19.8 Å². The fraction of sp³-hybridized carbons (Fsp3) is 0.455. The molecule has 1 saturated heterocycles. The molecule has 1 fully saturated rings. The van der Waals surface area contributed by atoms with Gasteiger partial charge in [-0.15, -0.1) is 24.0 Å². The molecule has 3 rings (SSSR count). The van der Waals surface area contributed by atoms with Gasteiger partial charge in [0.2, 0.25) is 0 Å². The Morgan fingerprint density at radius 3 is 2.62 bits per heavy atom. The number of esters is 1. The second kappa shape index (κ2) is 11.8. The molecule has 158 valence electrons. The number of fused-ring (bicyclic) bond motifs is 1. The van der Waals surface area contributed by atoms with Crippen LogP contribution in [0.3, 0.4) is 0 Å². The van der Waals surface area contributed by atoms with E-state index in [0.29, 0.717) is 13.2 Å². The lowest BCUT2D eigenvalue weighted by atomic mass is 9.97. The van der Waals surface area contributed by atoms with Crippen LogP contribution in [0, 0.1) is 5.92 Å². The van der Waals surface area contributed by atoms with Crippen LogP contribution < -0.4 is 10.1 Å². The first-order valence-electron chi connectivity index (χ1n) is 9.94. The number of guanidine groups is 1. The first kappa shape index (κ1) is 23.3. The number of ether oxygens (including phenoxy) is 2. The predicted octanol–water partition coefficient (Wildman–Crippen LogP) is 3.69. The molecule has 0 amide bonds. The van der Waals surface area contributed by atoms with Gasteiger partial charge in [-0.05, 0) is 31.2 Å². The highest BCUT2D eigenvalue weighted by atomic mass is 127. The second-order valence-electron chi connectivity index (χ2n) is 6.85. The zero-order chi connectivity index (χ0) is 19.8. The van der Waals surface area contributed by atoms with Gasteiger partial charge in [-0.1, -0.05) is 36.4 Å². The fourth-order valence-corrected chi connectivity index (χ4v) is 3.55. The van der Waals surface area contributed by atoms with Crippen molar-refractivity contribution in [2.75, 3.05) is 39.9 Å². The number of hydrogen-bond donors (Lipinski definition) is 1. The number of rotatable bonds is 6. The Labute approximate surface area is 189 Å². The highest BCUT2D eigenvalue weighted by Crippen LogP contribution is 2.25. The average Bonchev–Trinajstić information content (AvgIpc) is 2.75. The van der Waals surface area contributed by atoms with E-state index in [2.05, 4.69) is 35.3 Å². The third kappa shape index (κ3) is 6.22. The van der Waals surface area contributed by atoms with E-state index in [-0.39, 0.29) is 35.9 Å². The standard InChI is InChI=1S/C22H29N3O3.HI/c1-3-23-22(25-14-11-18(12-15-25)21(26)27-2)24-13-16-28-20-10-6-8-17-7-4-5-9-19(17)20;/h4-10,18H,3,11-16H2,1-2H3,(H,23,24);1H. The van der Waals surface area contributed by atoms with Crippen molar-refractivity contribution in [2.24, 2.45) is 10.9 Å². The van der Waals surface area contributed by atoms with E-state index in [0.717, 1.165) is 49.6 Å². The highest BCUT2D eigenvalue weighted by Gasteiger charge is 2.26. The van der Waals surface area contributed by atoms with Crippen molar-refractivity contribution >= 4 is 46.7 Å². The number of carbonyl (C=O) groups excluding carboxylic acids is 1. The molecule has 0 aromatic heterocycles. The first-order valence-corrected chi connectivity index (χ1v) is 9.94. The summed E-state index contributed by atoms with van der Waals surface area (Å²) < 4.78 is 10.8. The summed E-state index contributed by atoms with van der Waals surface area (Å²) in [6.07, 6.45) is 1.59. The first-order chi connectivity index (χ1) is 13.7. The summed E-state index contributed by atoms with van der Waals surface area (Å²) in [5, 5.41) is 5.63. The van der Waals surface area contributed by atoms with Crippen LogP contribution in [-0.4, -0.2) is 56.7 Å². The Morgan fingerprint density at radius 1 is 1.17 bits per heavy atom. The molecule has 0 spiro atoms. The third-order valence-electron chi connectivity index (χ3n) is 5.02. The molecule has 1 aliphatic rings. The molecule has 0 bridgehead atoms. The molecule has 7 heteroatoms. The highest BCUT2D eigenvalue weighted by molar-refractivity contribution is 14.0. The van der Waals surface area contributed by atoms with Crippen molar-refractivity contribution < 1.29 is 14.3 Å². The number of hydrogen-bond acceptors (Lipinski definition) is 4. The number of halogens is 1. The Morgan fingerprint density at radius 2 is 1.90 bits per heavy atom. The number of likely N-dealkylation sites (tertiary alicyclic amines) is 1. The topological polar surface area (TPSA) is 63.2 Å². The number of benzene rings is 2. The van der Waals surface area contributed by atoms with Gasteiger partial charge in [0.15, 0.2) is 5.96 Å². The SMILES string of the molecule is CCNC(=NCCOc1cccc2ccccc12)N1CCC(C(=O)OC)CC1.I. The zero-order valence-corrected chi connectivity index (χ0v) is 19.4. The Balaban J connectivity index is 0.00000300. The van der Waals surface area contributed by atoms with Crippen LogP contribution in [0.25, 0.3) is 10.8 Å². The molecule has 2 aromatic carbocycles. The molecule has 0 radical (unpaired) electrons. The molecule has 6 nitrogen and oxygen atoms in total. The van der Waals surface area contributed by atoms with Crippen LogP contribution in [-0.2, 0) is 9.53 Å². The minimum absolute atomic E-state index is 0. The average molecular weight is 511 g/mol. The maximum atomic E-state index is 11.7. The van der Waals surface area contributed by atoms with Crippen molar-refractivity contribution in [1.82, 2.24) is 10.2 Å². The molecule has 0 atom stereocenters. The minimum atomic E-state index is -0.106. The van der Waals surface area contributed by atoms with Gasteiger partial charge in [0.25, 0.3) is 0 Å². The normalized spacial score (nSPS) is 15.0. The second-order valence-corrected chi connectivity index (χ2v) is 6.85. The molecular weight excluding hydrogens is 481 g/mol. The van der Waals surface area contributed by atoms with Gasteiger partial charge in [0.1, 0.15) is 12.4 Å². The summed E-state index contributed by atoms with van der Waals surface area (Å²) in [5.41, 5.74) is 0. The zero-order valence-electron chi connectivity index (χ0n) is 17.1. The van der Waals surface area contributed by atoms with Crippen LogP contribution >= 0.6 is 24.0 Å². The van der Waals surface area contributed by atoms with Crippen LogP contribution in [0.4, 0.5) is 0 Å². The van der Waals surface area contributed by atoms with Crippen molar-refractivity contribution in [3.05, 3.63) is 42.5 Å². The Kier molecular flexibility index (Phi) is 9.50. The minimum Gasteiger partial charge on any atom is -0.491 e. The number of carbonyl (C=O) groups is 1. The number of nitrogens with zero attached hydrogens (tertiary/aromatic N) is 2. The summed E-state index contributed by atoms with van der Waals surface area (Å²) in [4.78, 5) is 18.6. The van der Waals surface area contributed by atoms with E-state index in [1.54, 1.807) is 0 Å². The summed E-state index contributed by atoms with van der Waals surface area (Å²) in [7, 11) is 1.45. The molecule has 0 unspecified atom stereocenters. The van der Waals surface area contributed by atoms with Gasteiger partial charge in [0, 0.05) is 25.0 Å². The van der Waals surface area contributed by atoms with E-state index < -0.39 is 0 Å². The van der Waals surface area contributed by atoms with Gasteiger partial charge >= 0.3 is 5.97 Å². The van der Waals surface area contributed by atoms with Crippen LogP contribution in [0.15, 0.2) is 47.5 Å². The van der Waals surface area contributed by atoms with Crippen LogP contribution in [0.5, 0.6) is 5.75 Å². The smallest absolute Gasteiger partial charge is 0.308 e. The van der Waals surface area contributed by atoms with E-state index in [1.807, 2.05) is 24.3 Å². The lowest BCUT2D eigenvalue weighted by molar-refractivity contribution is -0.146. The summed E-state index contributed by atoms with van der Waals surface area (Å²) >= 11 is 0.